The van der Waals surface area contributed by atoms with Gasteiger partial charge in [0.15, 0.2) is 0 Å². The Morgan fingerprint density at radius 3 is 2.86 bits per heavy atom. The molecule has 3 heterocycles. The molecular weight excluding hydrogens is 350 g/mol. The van der Waals surface area contributed by atoms with Crippen LogP contribution in [0.15, 0.2) is 67.1 Å². The number of anilines is 2. The van der Waals surface area contributed by atoms with Crippen LogP contribution in [0.5, 0.6) is 0 Å². The fourth-order valence-corrected chi connectivity index (χ4v) is 3.93. The smallest absolute Gasteiger partial charge is 0.247 e. The number of pyridine rings is 1. The fourth-order valence-electron chi connectivity index (χ4n) is 3.93. The molecule has 1 atom stereocenters. The molecule has 28 heavy (non-hydrogen) atoms. The van der Waals surface area contributed by atoms with Gasteiger partial charge in [-0.15, -0.1) is 0 Å². The Morgan fingerprint density at radius 1 is 1.00 bits per heavy atom. The summed E-state index contributed by atoms with van der Waals surface area (Å²) < 4.78 is 0. The third kappa shape index (κ3) is 2.83. The largest absolute Gasteiger partial charge is 0.344 e. The molecule has 0 saturated carbocycles. The Balaban J connectivity index is 1.47. The van der Waals surface area contributed by atoms with Gasteiger partial charge in [-0.25, -0.2) is 9.97 Å². The molecule has 0 radical (unpaired) electrons. The minimum absolute atomic E-state index is 0.0293. The van der Waals surface area contributed by atoms with Crippen LogP contribution in [-0.2, 0) is 4.79 Å². The van der Waals surface area contributed by atoms with Gasteiger partial charge >= 0.3 is 0 Å². The van der Waals surface area contributed by atoms with Crippen LogP contribution in [-0.4, -0.2) is 33.4 Å². The highest BCUT2D eigenvalue weighted by Crippen LogP contribution is 2.30. The zero-order chi connectivity index (χ0) is 18.9. The maximum Gasteiger partial charge on any atom is 0.247 e. The molecule has 4 aromatic rings. The molecule has 0 bridgehead atoms. The number of rotatable bonds is 3. The molecule has 1 aliphatic heterocycles. The van der Waals surface area contributed by atoms with E-state index in [0.717, 1.165) is 52.7 Å². The van der Waals surface area contributed by atoms with Gasteiger partial charge in [0.25, 0.3) is 0 Å². The van der Waals surface area contributed by atoms with Gasteiger partial charge < -0.3 is 10.2 Å². The van der Waals surface area contributed by atoms with Crippen LogP contribution in [0.25, 0.3) is 21.8 Å². The molecule has 0 aliphatic carbocycles. The molecule has 0 spiro atoms. The van der Waals surface area contributed by atoms with Gasteiger partial charge in [0.1, 0.15) is 18.2 Å². The topological polar surface area (TPSA) is 71.0 Å². The standard InChI is InChI=1S/C22H19N5O/c28-22(26-18-10-3-6-15-7-4-12-23-20(15)18)19-11-5-13-27(19)21-16-8-1-2-9-17(16)24-14-25-21/h1-4,6-10,12,14,19H,5,11,13H2,(H,26,28). The molecule has 138 valence electrons. The lowest BCUT2D eigenvalue weighted by atomic mass is 10.1. The number of fused-ring (bicyclic) bond motifs is 2. The summed E-state index contributed by atoms with van der Waals surface area (Å²) in [6.45, 7) is 0.798. The summed E-state index contributed by atoms with van der Waals surface area (Å²) in [4.78, 5) is 28.5. The molecule has 1 saturated heterocycles. The lowest BCUT2D eigenvalue weighted by Crippen LogP contribution is -2.40. The van der Waals surface area contributed by atoms with Gasteiger partial charge in [-0.1, -0.05) is 30.3 Å². The molecule has 1 amide bonds. The van der Waals surface area contributed by atoms with E-state index in [-0.39, 0.29) is 11.9 Å². The number of hydrogen-bond acceptors (Lipinski definition) is 5. The zero-order valence-electron chi connectivity index (χ0n) is 15.2. The fraction of sp³-hybridized carbons (Fsp3) is 0.182. The van der Waals surface area contributed by atoms with Gasteiger partial charge in [-0.2, -0.15) is 0 Å². The molecule has 5 rings (SSSR count). The van der Waals surface area contributed by atoms with E-state index in [9.17, 15) is 4.79 Å². The Hall–Kier alpha value is -3.54. The molecule has 1 N–H and O–H groups in total. The summed E-state index contributed by atoms with van der Waals surface area (Å²) in [6.07, 6.45) is 5.05. The molecule has 6 heteroatoms. The van der Waals surface area contributed by atoms with Gasteiger partial charge in [-0.05, 0) is 37.1 Å². The average molecular weight is 369 g/mol. The first-order chi connectivity index (χ1) is 13.8. The first-order valence-electron chi connectivity index (χ1n) is 9.42. The van der Waals surface area contributed by atoms with Crippen molar-refractivity contribution in [3.8, 4) is 0 Å². The highest BCUT2D eigenvalue weighted by molar-refractivity contribution is 6.04. The molecule has 2 aromatic carbocycles. The minimum atomic E-state index is -0.266. The second-order valence-corrected chi connectivity index (χ2v) is 6.94. The zero-order valence-corrected chi connectivity index (χ0v) is 15.2. The van der Waals surface area contributed by atoms with E-state index in [2.05, 4.69) is 25.2 Å². The third-order valence-corrected chi connectivity index (χ3v) is 5.24. The van der Waals surface area contributed by atoms with E-state index < -0.39 is 0 Å². The molecule has 1 fully saturated rings. The summed E-state index contributed by atoms with van der Waals surface area (Å²) >= 11 is 0. The summed E-state index contributed by atoms with van der Waals surface area (Å²) in [5, 5.41) is 5.06. The van der Waals surface area contributed by atoms with Crippen LogP contribution in [0.4, 0.5) is 11.5 Å². The van der Waals surface area contributed by atoms with Crippen molar-refractivity contribution >= 4 is 39.2 Å². The van der Waals surface area contributed by atoms with Gasteiger partial charge in [0.2, 0.25) is 5.91 Å². The maximum absolute atomic E-state index is 13.2. The Kier molecular flexibility index (Phi) is 4.09. The van der Waals surface area contributed by atoms with Crippen molar-refractivity contribution in [2.24, 2.45) is 0 Å². The number of nitrogens with one attached hydrogen (secondary N) is 1. The molecule has 1 aliphatic rings. The number of amides is 1. The number of para-hydroxylation sites is 2. The SMILES string of the molecule is O=C(Nc1cccc2cccnc12)C1CCCN1c1ncnc2ccccc12. The second-order valence-electron chi connectivity index (χ2n) is 6.94. The van der Waals surface area contributed by atoms with E-state index in [1.54, 1.807) is 12.5 Å². The van der Waals surface area contributed by atoms with Crippen LogP contribution in [0.2, 0.25) is 0 Å². The quantitative estimate of drug-likeness (QED) is 0.595. The van der Waals surface area contributed by atoms with Crippen molar-refractivity contribution in [1.82, 2.24) is 15.0 Å². The minimum Gasteiger partial charge on any atom is -0.344 e. The lowest BCUT2D eigenvalue weighted by Gasteiger charge is -2.26. The second kappa shape index (κ2) is 6.88. The number of hydrogen-bond donors (Lipinski definition) is 1. The first kappa shape index (κ1) is 16.6. The monoisotopic (exact) mass is 369 g/mol. The van der Waals surface area contributed by atoms with Crippen molar-refractivity contribution in [3.05, 3.63) is 67.1 Å². The van der Waals surface area contributed by atoms with E-state index in [1.807, 2.05) is 54.6 Å². The van der Waals surface area contributed by atoms with Crippen LogP contribution in [0.1, 0.15) is 12.8 Å². The van der Waals surface area contributed by atoms with E-state index in [1.165, 1.54) is 0 Å². The summed E-state index contributed by atoms with van der Waals surface area (Å²) in [6, 6.07) is 17.4. The summed E-state index contributed by atoms with van der Waals surface area (Å²) in [5.74, 6) is 0.789. The predicted octanol–water partition coefficient (Wildman–Crippen LogP) is 3.79. The molecule has 2 aromatic heterocycles. The Bertz CT molecular complexity index is 1170. The Morgan fingerprint density at radius 2 is 1.89 bits per heavy atom. The maximum atomic E-state index is 13.2. The van der Waals surface area contributed by atoms with Crippen molar-refractivity contribution in [2.45, 2.75) is 18.9 Å². The van der Waals surface area contributed by atoms with Crippen LogP contribution in [0.3, 0.4) is 0 Å². The predicted molar refractivity (Wildman–Crippen MR) is 110 cm³/mol. The highest BCUT2D eigenvalue weighted by atomic mass is 16.2. The van der Waals surface area contributed by atoms with Gasteiger partial charge in [0.05, 0.1) is 16.7 Å². The van der Waals surface area contributed by atoms with Gasteiger partial charge in [0, 0.05) is 23.5 Å². The van der Waals surface area contributed by atoms with Crippen molar-refractivity contribution in [2.75, 3.05) is 16.8 Å². The van der Waals surface area contributed by atoms with Crippen LogP contribution >= 0.6 is 0 Å². The lowest BCUT2D eigenvalue weighted by molar-refractivity contribution is -0.117. The summed E-state index contributed by atoms with van der Waals surface area (Å²) in [7, 11) is 0. The Labute approximate surface area is 162 Å². The average Bonchev–Trinajstić information content (AvgIpc) is 3.23. The number of nitrogens with zero attached hydrogens (tertiary/aromatic N) is 4. The van der Waals surface area contributed by atoms with Crippen molar-refractivity contribution in [1.29, 1.82) is 0 Å². The van der Waals surface area contributed by atoms with Crippen LogP contribution in [0, 0.1) is 0 Å². The van der Waals surface area contributed by atoms with E-state index >= 15 is 0 Å². The number of aromatic nitrogens is 3. The molecular formula is C22H19N5O. The van der Waals surface area contributed by atoms with E-state index in [4.69, 9.17) is 0 Å². The summed E-state index contributed by atoms with van der Waals surface area (Å²) in [5.41, 5.74) is 2.43. The van der Waals surface area contributed by atoms with Crippen molar-refractivity contribution in [3.63, 3.8) is 0 Å². The third-order valence-electron chi connectivity index (χ3n) is 5.24. The van der Waals surface area contributed by atoms with Crippen LogP contribution < -0.4 is 10.2 Å². The van der Waals surface area contributed by atoms with Gasteiger partial charge in [-0.3, -0.25) is 9.78 Å². The van der Waals surface area contributed by atoms with E-state index in [0.29, 0.717) is 0 Å². The molecule has 1 unspecified atom stereocenters. The normalized spacial score (nSPS) is 16.6. The number of benzene rings is 2. The highest BCUT2D eigenvalue weighted by Gasteiger charge is 2.32. The number of carbonyl (C=O) groups excluding carboxylic acids is 1. The molecule has 6 nitrogen and oxygen atoms in total. The van der Waals surface area contributed by atoms with Crippen molar-refractivity contribution < 1.29 is 4.79 Å². The first-order valence-corrected chi connectivity index (χ1v) is 9.42. The number of carbonyl (C=O) groups is 1.